The summed E-state index contributed by atoms with van der Waals surface area (Å²) in [7, 11) is 3.27. The summed E-state index contributed by atoms with van der Waals surface area (Å²) in [4.78, 5) is 22.2. The Balaban J connectivity index is 2.15. The highest BCUT2D eigenvalue weighted by Gasteiger charge is 2.25. The van der Waals surface area contributed by atoms with Crippen LogP contribution in [0, 0.1) is 17.0 Å². The summed E-state index contributed by atoms with van der Waals surface area (Å²) >= 11 is 0. The van der Waals surface area contributed by atoms with Gasteiger partial charge in [0.05, 0.1) is 10.6 Å². The van der Waals surface area contributed by atoms with Crippen LogP contribution >= 0.6 is 0 Å². The summed E-state index contributed by atoms with van der Waals surface area (Å²) in [6.07, 6.45) is 2.84. The van der Waals surface area contributed by atoms with Crippen molar-refractivity contribution < 1.29 is 9.72 Å². The van der Waals surface area contributed by atoms with Gasteiger partial charge in [-0.1, -0.05) is 0 Å². The number of nitro groups is 1. The molecule has 9 heteroatoms. The number of carbonyl (C=O) groups excluding carboxylic acids is 1. The minimum Gasteiger partial charge on any atom is -0.346 e. The van der Waals surface area contributed by atoms with Gasteiger partial charge in [-0.05, 0) is 6.92 Å². The molecule has 9 nitrogen and oxygen atoms in total. The average molecular weight is 278 g/mol. The van der Waals surface area contributed by atoms with Crippen LogP contribution in [0.3, 0.4) is 0 Å². The third-order valence-electron chi connectivity index (χ3n) is 2.89. The van der Waals surface area contributed by atoms with Gasteiger partial charge in [-0.3, -0.25) is 24.3 Å². The minimum absolute atomic E-state index is 0.0726. The fourth-order valence-electron chi connectivity index (χ4n) is 1.90. The van der Waals surface area contributed by atoms with Gasteiger partial charge in [-0.2, -0.15) is 10.2 Å². The van der Waals surface area contributed by atoms with Crippen LogP contribution in [0.1, 0.15) is 21.7 Å². The lowest BCUT2D eigenvalue weighted by Crippen LogP contribution is -2.26. The summed E-state index contributed by atoms with van der Waals surface area (Å²) in [5.41, 5.74) is 1.27. The molecule has 2 heterocycles. The molecule has 0 aromatic carbocycles. The number of hydrogen-bond acceptors (Lipinski definition) is 5. The molecule has 0 saturated carbocycles. The molecule has 0 fully saturated rings. The molecular weight excluding hydrogens is 264 g/mol. The van der Waals surface area contributed by atoms with E-state index in [1.54, 1.807) is 17.9 Å². The largest absolute Gasteiger partial charge is 0.346 e. The number of aryl methyl sites for hydroxylation is 3. The first-order valence-corrected chi connectivity index (χ1v) is 5.84. The molecule has 0 unspecified atom stereocenters. The molecule has 0 aliphatic carbocycles. The van der Waals surface area contributed by atoms with Crippen molar-refractivity contribution in [3.05, 3.63) is 39.5 Å². The molecule has 1 N–H and O–H groups in total. The molecule has 0 aliphatic rings. The smallest absolute Gasteiger partial charge is 0.320 e. The van der Waals surface area contributed by atoms with E-state index >= 15 is 0 Å². The Labute approximate surface area is 114 Å². The molecule has 20 heavy (non-hydrogen) atoms. The zero-order valence-electron chi connectivity index (χ0n) is 11.3. The highest BCUT2D eigenvalue weighted by atomic mass is 16.6. The normalized spacial score (nSPS) is 10.6. The summed E-state index contributed by atoms with van der Waals surface area (Å²) in [5, 5.41) is 21.4. The average Bonchev–Trinajstić information content (AvgIpc) is 2.89. The molecule has 2 aromatic rings. The van der Waals surface area contributed by atoms with Gasteiger partial charge in [-0.15, -0.1) is 0 Å². The lowest BCUT2D eigenvalue weighted by molar-refractivity contribution is -0.385. The van der Waals surface area contributed by atoms with Gasteiger partial charge in [-0.25, -0.2) is 0 Å². The van der Waals surface area contributed by atoms with E-state index in [0.717, 1.165) is 17.5 Å². The van der Waals surface area contributed by atoms with Gasteiger partial charge in [0.2, 0.25) is 5.69 Å². The predicted octanol–water partition coefficient (Wildman–Crippen LogP) is 0.300. The molecular formula is C11H14N6O3. The molecule has 0 atom stereocenters. The molecule has 2 aromatic heterocycles. The number of amides is 1. The van der Waals surface area contributed by atoms with Crippen molar-refractivity contribution in [2.75, 3.05) is 0 Å². The first-order valence-electron chi connectivity index (χ1n) is 5.84. The second kappa shape index (κ2) is 5.11. The van der Waals surface area contributed by atoms with Gasteiger partial charge in [0.15, 0.2) is 0 Å². The summed E-state index contributed by atoms with van der Waals surface area (Å²) in [5.74, 6) is -0.542. The Morgan fingerprint density at radius 1 is 1.50 bits per heavy atom. The second-order valence-electron chi connectivity index (χ2n) is 4.36. The fourth-order valence-corrected chi connectivity index (χ4v) is 1.90. The fraction of sp³-hybridized carbons (Fsp3) is 0.364. The third kappa shape index (κ3) is 2.51. The van der Waals surface area contributed by atoms with E-state index in [1.807, 2.05) is 6.92 Å². The third-order valence-corrected chi connectivity index (χ3v) is 2.89. The molecule has 0 spiro atoms. The molecule has 106 valence electrons. The topological polar surface area (TPSA) is 108 Å². The Bertz CT molecular complexity index is 672. The summed E-state index contributed by atoms with van der Waals surface area (Å²) < 4.78 is 2.83. The van der Waals surface area contributed by atoms with Crippen molar-refractivity contribution >= 4 is 11.6 Å². The highest BCUT2D eigenvalue weighted by Crippen LogP contribution is 2.16. The van der Waals surface area contributed by atoms with E-state index < -0.39 is 10.8 Å². The number of carbonyl (C=O) groups is 1. The first-order chi connectivity index (χ1) is 9.40. The maximum atomic E-state index is 12.0. The molecule has 0 saturated heterocycles. The first kappa shape index (κ1) is 13.7. The van der Waals surface area contributed by atoms with Crippen molar-refractivity contribution in [1.82, 2.24) is 24.9 Å². The van der Waals surface area contributed by atoms with Gasteiger partial charge in [0.1, 0.15) is 6.20 Å². The number of hydrogen-bond donors (Lipinski definition) is 1. The number of nitrogens with one attached hydrogen (secondary N) is 1. The Hall–Kier alpha value is -2.71. The van der Waals surface area contributed by atoms with E-state index in [0.29, 0.717) is 0 Å². The van der Waals surface area contributed by atoms with E-state index in [4.69, 9.17) is 0 Å². The van der Waals surface area contributed by atoms with Crippen molar-refractivity contribution in [2.24, 2.45) is 14.1 Å². The lowest BCUT2D eigenvalue weighted by atomic mass is 10.2. The van der Waals surface area contributed by atoms with Gasteiger partial charge < -0.3 is 5.32 Å². The van der Waals surface area contributed by atoms with Crippen LogP contribution in [0.15, 0.2) is 12.4 Å². The van der Waals surface area contributed by atoms with Gasteiger partial charge >= 0.3 is 5.69 Å². The van der Waals surface area contributed by atoms with E-state index in [9.17, 15) is 14.9 Å². The van der Waals surface area contributed by atoms with Crippen molar-refractivity contribution in [3.63, 3.8) is 0 Å². The van der Waals surface area contributed by atoms with Crippen molar-refractivity contribution in [2.45, 2.75) is 13.5 Å². The predicted molar refractivity (Wildman–Crippen MR) is 69.0 cm³/mol. The zero-order chi connectivity index (χ0) is 14.9. The Morgan fingerprint density at radius 3 is 2.75 bits per heavy atom. The van der Waals surface area contributed by atoms with Crippen LogP contribution in [-0.4, -0.2) is 30.4 Å². The lowest BCUT2D eigenvalue weighted by Gasteiger charge is -2.04. The molecule has 1 amide bonds. The van der Waals surface area contributed by atoms with Crippen LogP contribution in [0.5, 0.6) is 0 Å². The van der Waals surface area contributed by atoms with Gasteiger partial charge in [0.25, 0.3) is 5.91 Å². The van der Waals surface area contributed by atoms with Crippen molar-refractivity contribution in [3.8, 4) is 0 Å². The SMILES string of the molecule is Cc1nn(C)cc1CNC(=O)c1c([N+](=O)[O-])cnn1C. The summed E-state index contributed by atoms with van der Waals surface area (Å²) in [6, 6.07) is 0. The standard InChI is InChI=1S/C11H14N6O3/c1-7-8(6-15(2)14-7)4-12-11(18)10-9(17(19)20)5-13-16(10)3/h5-6H,4H2,1-3H3,(H,12,18). The molecule has 0 bridgehead atoms. The van der Waals surface area contributed by atoms with Crippen LogP contribution in [-0.2, 0) is 20.6 Å². The quantitative estimate of drug-likeness (QED) is 0.639. The maximum Gasteiger partial charge on any atom is 0.320 e. The molecule has 0 aliphatic heterocycles. The van der Waals surface area contributed by atoms with Crippen LogP contribution in [0.2, 0.25) is 0 Å². The minimum atomic E-state index is -0.628. The monoisotopic (exact) mass is 278 g/mol. The van der Waals surface area contributed by atoms with E-state index in [-0.39, 0.29) is 17.9 Å². The number of rotatable bonds is 4. The van der Waals surface area contributed by atoms with Gasteiger partial charge in [0, 0.05) is 32.4 Å². The maximum absolute atomic E-state index is 12.0. The van der Waals surface area contributed by atoms with Crippen molar-refractivity contribution in [1.29, 1.82) is 0 Å². The van der Waals surface area contributed by atoms with Crippen LogP contribution in [0.25, 0.3) is 0 Å². The number of nitrogens with zero attached hydrogens (tertiary/aromatic N) is 5. The zero-order valence-corrected chi connectivity index (χ0v) is 11.3. The van der Waals surface area contributed by atoms with E-state index in [1.165, 1.54) is 11.7 Å². The number of aromatic nitrogens is 4. The Morgan fingerprint density at radius 2 is 2.20 bits per heavy atom. The molecule has 0 radical (unpaired) electrons. The highest BCUT2D eigenvalue weighted by molar-refractivity contribution is 5.96. The molecule has 2 rings (SSSR count). The van der Waals surface area contributed by atoms with Crippen LogP contribution < -0.4 is 5.32 Å². The van der Waals surface area contributed by atoms with E-state index in [2.05, 4.69) is 15.5 Å². The summed E-state index contributed by atoms with van der Waals surface area (Å²) in [6.45, 7) is 2.08. The van der Waals surface area contributed by atoms with Crippen LogP contribution in [0.4, 0.5) is 5.69 Å². The second-order valence-corrected chi connectivity index (χ2v) is 4.36. The Kier molecular flexibility index (Phi) is 3.51.